The summed E-state index contributed by atoms with van der Waals surface area (Å²) < 4.78 is 0. The van der Waals surface area contributed by atoms with Crippen molar-refractivity contribution in [3.63, 3.8) is 0 Å². The first-order valence-electron chi connectivity index (χ1n) is 4.59. The summed E-state index contributed by atoms with van der Waals surface area (Å²) in [6.45, 7) is 1.26. The first kappa shape index (κ1) is 8.97. The third-order valence-corrected chi connectivity index (χ3v) is 3.38. The van der Waals surface area contributed by atoms with Gasteiger partial charge in [-0.25, -0.2) is 4.98 Å². The number of aliphatic hydroxyl groups is 1. The van der Waals surface area contributed by atoms with Crippen LogP contribution in [-0.4, -0.2) is 23.2 Å². The number of anilines is 1. The van der Waals surface area contributed by atoms with Crippen LogP contribution in [0.25, 0.3) is 0 Å². The quantitative estimate of drug-likeness (QED) is 0.757. The molecule has 1 heterocycles. The third-order valence-electron chi connectivity index (χ3n) is 2.65. The largest absolute Gasteiger partial charge is 0.396 e. The van der Waals surface area contributed by atoms with Crippen molar-refractivity contribution in [2.75, 3.05) is 18.5 Å². The maximum atomic E-state index is 8.86. The number of rotatable bonds is 5. The van der Waals surface area contributed by atoms with Gasteiger partial charge in [0.2, 0.25) is 0 Å². The molecule has 0 amide bonds. The first-order valence-corrected chi connectivity index (χ1v) is 5.47. The van der Waals surface area contributed by atoms with Gasteiger partial charge in [-0.2, -0.15) is 0 Å². The normalized spacial score (nSPS) is 18.5. The molecule has 13 heavy (non-hydrogen) atoms. The van der Waals surface area contributed by atoms with Crippen molar-refractivity contribution in [3.05, 3.63) is 11.6 Å². The zero-order chi connectivity index (χ0) is 9.15. The zero-order valence-electron chi connectivity index (χ0n) is 7.49. The molecule has 1 aliphatic carbocycles. The van der Waals surface area contributed by atoms with Gasteiger partial charge in [0.15, 0.2) is 5.13 Å². The Morgan fingerprint density at radius 3 is 3.00 bits per heavy atom. The number of aliphatic hydroxyl groups excluding tert-OH is 1. The Labute approximate surface area is 81.8 Å². The fourth-order valence-electron chi connectivity index (χ4n) is 1.50. The molecule has 0 aromatic carbocycles. The van der Waals surface area contributed by atoms with Crippen LogP contribution in [0.5, 0.6) is 0 Å². The molecule has 1 aromatic rings. The minimum Gasteiger partial charge on any atom is -0.396 e. The van der Waals surface area contributed by atoms with E-state index in [2.05, 4.69) is 10.3 Å². The van der Waals surface area contributed by atoms with Gasteiger partial charge in [-0.1, -0.05) is 0 Å². The van der Waals surface area contributed by atoms with E-state index < -0.39 is 0 Å². The van der Waals surface area contributed by atoms with Gasteiger partial charge in [-0.3, -0.25) is 0 Å². The number of aromatic nitrogens is 1. The molecular weight excluding hydrogens is 184 g/mol. The lowest BCUT2D eigenvalue weighted by Crippen LogP contribution is -2.16. The van der Waals surface area contributed by atoms with E-state index in [0.29, 0.717) is 12.0 Å². The van der Waals surface area contributed by atoms with Crippen molar-refractivity contribution in [2.24, 2.45) is 5.41 Å². The molecular formula is C9H14N2OS. The zero-order valence-corrected chi connectivity index (χ0v) is 8.31. The van der Waals surface area contributed by atoms with Crippen molar-refractivity contribution < 1.29 is 5.11 Å². The molecule has 1 aliphatic rings. The van der Waals surface area contributed by atoms with E-state index in [0.717, 1.165) is 18.1 Å². The number of nitrogens with zero attached hydrogens (tertiary/aromatic N) is 1. The van der Waals surface area contributed by atoms with E-state index in [1.807, 2.05) is 5.38 Å². The summed E-state index contributed by atoms with van der Waals surface area (Å²) in [6, 6.07) is 0. The summed E-state index contributed by atoms with van der Waals surface area (Å²) in [5.41, 5.74) is 0.375. The highest BCUT2D eigenvalue weighted by molar-refractivity contribution is 7.13. The van der Waals surface area contributed by atoms with Crippen LogP contribution in [0.1, 0.15) is 19.3 Å². The molecule has 4 heteroatoms. The molecule has 0 saturated heterocycles. The van der Waals surface area contributed by atoms with Crippen LogP contribution in [-0.2, 0) is 0 Å². The van der Waals surface area contributed by atoms with E-state index in [-0.39, 0.29) is 0 Å². The molecule has 0 radical (unpaired) electrons. The highest BCUT2D eigenvalue weighted by atomic mass is 32.1. The minimum absolute atomic E-state index is 0.305. The van der Waals surface area contributed by atoms with Crippen molar-refractivity contribution in [1.29, 1.82) is 0 Å². The lowest BCUT2D eigenvalue weighted by Gasteiger charge is -2.13. The lowest BCUT2D eigenvalue weighted by atomic mass is 10.0. The van der Waals surface area contributed by atoms with Gasteiger partial charge in [0, 0.05) is 24.7 Å². The van der Waals surface area contributed by atoms with Crippen molar-refractivity contribution in [2.45, 2.75) is 19.3 Å². The number of thiazole rings is 1. The smallest absolute Gasteiger partial charge is 0.182 e. The Hall–Kier alpha value is -0.610. The summed E-state index contributed by atoms with van der Waals surface area (Å²) in [5, 5.41) is 15.1. The monoisotopic (exact) mass is 198 g/mol. The Balaban J connectivity index is 1.79. The van der Waals surface area contributed by atoms with Crippen LogP contribution in [0.15, 0.2) is 11.6 Å². The first-order chi connectivity index (χ1) is 6.35. The summed E-state index contributed by atoms with van der Waals surface area (Å²) in [7, 11) is 0. The van der Waals surface area contributed by atoms with Crippen LogP contribution in [0.3, 0.4) is 0 Å². The van der Waals surface area contributed by atoms with Gasteiger partial charge in [0.1, 0.15) is 0 Å². The van der Waals surface area contributed by atoms with Gasteiger partial charge >= 0.3 is 0 Å². The second kappa shape index (κ2) is 3.64. The maximum absolute atomic E-state index is 8.86. The van der Waals surface area contributed by atoms with Crippen molar-refractivity contribution >= 4 is 16.5 Å². The SMILES string of the molecule is OCCC1(CNc2nccs2)CC1. The summed E-state index contributed by atoms with van der Waals surface area (Å²) in [4.78, 5) is 4.15. The molecule has 0 unspecified atom stereocenters. The molecule has 2 rings (SSSR count). The molecule has 0 atom stereocenters. The summed E-state index contributed by atoms with van der Waals surface area (Å²) in [5.74, 6) is 0. The number of hydrogen-bond donors (Lipinski definition) is 2. The Morgan fingerprint density at radius 2 is 2.46 bits per heavy atom. The van der Waals surface area contributed by atoms with Crippen LogP contribution in [0, 0.1) is 5.41 Å². The average molecular weight is 198 g/mol. The predicted molar refractivity (Wildman–Crippen MR) is 54.0 cm³/mol. The number of nitrogens with one attached hydrogen (secondary N) is 1. The second-order valence-corrected chi connectivity index (χ2v) is 4.56. The molecule has 3 nitrogen and oxygen atoms in total. The Morgan fingerprint density at radius 1 is 1.62 bits per heavy atom. The Kier molecular flexibility index (Phi) is 2.51. The molecule has 0 spiro atoms. The minimum atomic E-state index is 0.305. The van der Waals surface area contributed by atoms with Crippen molar-refractivity contribution in [3.8, 4) is 0 Å². The molecule has 72 valence electrons. The lowest BCUT2D eigenvalue weighted by molar-refractivity contribution is 0.253. The van der Waals surface area contributed by atoms with Crippen LogP contribution >= 0.6 is 11.3 Å². The fourth-order valence-corrected chi connectivity index (χ4v) is 2.03. The van der Waals surface area contributed by atoms with Gasteiger partial charge in [-0.15, -0.1) is 11.3 Å². The van der Waals surface area contributed by atoms with E-state index in [1.165, 1.54) is 12.8 Å². The Bertz CT molecular complexity index is 257. The van der Waals surface area contributed by atoms with Crippen LogP contribution in [0.2, 0.25) is 0 Å². The van der Waals surface area contributed by atoms with E-state index >= 15 is 0 Å². The fraction of sp³-hybridized carbons (Fsp3) is 0.667. The average Bonchev–Trinajstić information content (AvgIpc) is 2.71. The number of hydrogen-bond acceptors (Lipinski definition) is 4. The molecule has 0 bridgehead atoms. The second-order valence-electron chi connectivity index (χ2n) is 3.66. The van der Waals surface area contributed by atoms with E-state index in [1.54, 1.807) is 17.5 Å². The molecule has 2 N–H and O–H groups in total. The van der Waals surface area contributed by atoms with Crippen molar-refractivity contribution in [1.82, 2.24) is 4.98 Å². The predicted octanol–water partition coefficient (Wildman–Crippen LogP) is 1.72. The molecule has 1 fully saturated rings. The van der Waals surface area contributed by atoms with Gasteiger partial charge < -0.3 is 10.4 Å². The van der Waals surface area contributed by atoms with Gasteiger partial charge in [-0.05, 0) is 24.7 Å². The standard InChI is InChI=1S/C9H14N2OS/c12-5-3-9(1-2-9)7-11-8-10-4-6-13-8/h4,6,12H,1-3,5,7H2,(H,10,11). The third kappa shape index (κ3) is 2.19. The molecule has 1 aromatic heterocycles. The molecule has 1 saturated carbocycles. The van der Waals surface area contributed by atoms with Crippen LogP contribution < -0.4 is 5.32 Å². The van der Waals surface area contributed by atoms with E-state index in [9.17, 15) is 0 Å². The van der Waals surface area contributed by atoms with Gasteiger partial charge in [0.25, 0.3) is 0 Å². The summed E-state index contributed by atoms with van der Waals surface area (Å²) in [6.07, 6.45) is 5.21. The van der Waals surface area contributed by atoms with E-state index in [4.69, 9.17) is 5.11 Å². The van der Waals surface area contributed by atoms with Gasteiger partial charge in [0.05, 0.1) is 0 Å². The molecule has 0 aliphatic heterocycles. The highest BCUT2D eigenvalue weighted by Gasteiger charge is 2.41. The topological polar surface area (TPSA) is 45.1 Å². The van der Waals surface area contributed by atoms with Crippen LogP contribution in [0.4, 0.5) is 5.13 Å². The highest BCUT2D eigenvalue weighted by Crippen LogP contribution is 2.48. The maximum Gasteiger partial charge on any atom is 0.182 e. The summed E-state index contributed by atoms with van der Waals surface area (Å²) >= 11 is 1.62.